The zero-order valence-corrected chi connectivity index (χ0v) is 12.7. The van der Waals surface area contributed by atoms with Crippen LogP contribution in [0.1, 0.15) is 20.1 Å². The quantitative estimate of drug-likeness (QED) is 0.768. The van der Waals surface area contributed by atoms with Crippen LogP contribution in [-0.2, 0) is 0 Å². The van der Waals surface area contributed by atoms with Gasteiger partial charge in [-0.3, -0.25) is 10.2 Å². The molecule has 0 spiro atoms. The lowest BCUT2D eigenvalue weighted by atomic mass is 10.2. The first-order valence-corrected chi connectivity index (χ1v) is 7.45. The van der Waals surface area contributed by atoms with E-state index in [9.17, 15) is 4.79 Å². The van der Waals surface area contributed by atoms with E-state index in [1.807, 2.05) is 18.0 Å². The zero-order valence-electron chi connectivity index (χ0n) is 11.9. The minimum absolute atomic E-state index is 0.0524. The highest BCUT2D eigenvalue weighted by atomic mass is 32.1. The number of nitrogens with zero attached hydrogens (tertiary/aromatic N) is 2. The topological polar surface area (TPSA) is 61.6 Å². The summed E-state index contributed by atoms with van der Waals surface area (Å²) in [6.45, 7) is 5.94. The number of hydrazine groups is 1. The van der Waals surface area contributed by atoms with Gasteiger partial charge < -0.3 is 10.6 Å². The first-order chi connectivity index (χ1) is 9.60. The predicted octanol–water partition coefficient (Wildman–Crippen LogP) is 0.259. The molecule has 0 aliphatic carbocycles. The van der Waals surface area contributed by atoms with E-state index >= 15 is 0 Å². The molecule has 108 valence electrons. The van der Waals surface area contributed by atoms with Gasteiger partial charge in [0.05, 0.1) is 16.3 Å². The molecule has 0 aromatic carbocycles. The number of rotatable bonds is 2. The van der Waals surface area contributed by atoms with Gasteiger partial charge in [0.1, 0.15) is 0 Å². The van der Waals surface area contributed by atoms with Gasteiger partial charge in [-0.25, -0.2) is 5.01 Å². The Labute approximate surface area is 123 Å². The number of piperazine rings is 1. The second kappa shape index (κ2) is 6.86. The van der Waals surface area contributed by atoms with Crippen LogP contribution in [0.2, 0.25) is 0 Å². The summed E-state index contributed by atoms with van der Waals surface area (Å²) in [4.78, 5) is 16.1. The summed E-state index contributed by atoms with van der Waals surface area (Å²) in [7, 11) is 2.09. The lowest BCUT2D eigenvalue weighted by Crippen LogP contribution is -2.52. The number of carbonyl (C=O) groups is 1. The maximum absolute atomic E-state index is 12.2. The van der Waals surface area contributed by atoms with Crippen molar-refractivity contribution in [2.45, 2.75) is 6.92 Å². The Morgan fingerprint density at radius 3 is 2.80 bits per heavy atom. The standard InChI is InChI=1S/C14H20N4OS/c1-11-10-13(20-12(11)4-3-5-15)14(19)16-18-8-6-17(2)7-9-18/h10H,5-9,15H2,1-2H3,(H,16,19). The maximum Gasteiger partial charge on any atom is 0.275 e. The molecule has 1 amide bonds. The third kappa shape index (κ3) is 3.81. The zero-order chi connectivity index (χ0) is 14.5. The largest absolute Gasteiger partial charge is 0.320 e. The number of aryl methyl sites for hydroxylation is 1. The normalized spacial score (nSPS) is 16.6. The highest BCUT2D eigenvalue weighted by molar-refractivity contribution is 7.14. The molecule has 0 atom stereocenters. The van der Waals surface area contributed by atoms with Crippen LogP contribution in [0.25, 0.3) is 0 Å². The second-order valence-corrected chi connectivity index (χ2v) is 5.91. The smallest absolute Gasteiger partial charge is 0.275 e. The second-order valence-electron chi connectivity index (χ2n) is 4.86. The summed E-state index contributed by atoms with van der Waals surface area (Å²) in [6.07, 6.45) is 0. The van der Waals surface area contributed by atoms with E-state index < -0.39 is 0 Å². The molecule has 1 aliphatic heterocycles. The Hall–Kier alpha value is -1.39. The van der Waals surface area contributed by atoms with Crippen LogP contribution >= 0.6 is 11.3 Å². The van der Waals surface area contributed by atoms with Crippen LogP contribution in [0, 0.1) is 18.8 Å². The predicted molar refractivity (Wildman–Crippen MR) is 81.5 cm³/mol. The van der Waals surface area contributed by atoms with Crippen molar-refractivity contribution in [1.82, 2.24) is 15.3 Å². The van der Waals surface area contributed by atoms with E-state index in [1.165, 1.54) is 11.3 Å². The molecule has 3 N–H and O–H groups in total. The molecule has 0 bridgehead atoms. The molecule has 5 nitrogen and oxygen atoms in total. The van der Waals surface area contributed by atoms with Crippen molar-refractivity contribution in [2.75, 3.05) is 39.8 Å². The lowest BCUT2D eigenvalue weighted by molar-refractivity contribution is 0.0666. The van der Waals surface area contributed by atoms with Crippen molar-refractivity contribution in [3.8, 4) is 11.8 Å². The minimum atomic E-state index is -0.0524. The van der Waals surface area contributed by atoms with E-state index in [-0.39, 0.29) is 5.91 Å². The maximum atomic E-state index is 12.2. The molecule has 1 aliphatic rings. The molecular formula is C14H20N4OS. The highest BCUT2D eigenvalue weighted by Crippen LogP contribution is 2.20. The number of hydrogen-bond acceptors (Lipinski definition) is 5. The Morgan fingerprint density at radius 1 is 1.45 bits per heavy atom. The van der Waals surface area contributed by atoms with Crippen molar-refractivity contribution in [2.24, 2.45) is 5.73 Å². The third-order valence-corrected chi connectivity index (χ3v) is 4.36. The van der Waals surface area contributed by atoms with Crippen LogP contribution in [0.4, 0.5) is 0 Å². The SMILES string of the molecule is Cc1cc(C(=O)NN2CCN(C)CC2)sc1C#CCN. The number of amides is 1. The fraction of sp³-hybridized carbons (Fsp3) is 0.500. The van der Waals surface area contributed by atoms with Gasteiger partial charge in [-0.2, -0.15) is 0 Å². The van der Waals surface area contributed by atoms with Crippen molar-refractivity contribution in [3.63, 3.8) is 0 Å². The number of carbonyl (C=O) groups excluding carboxylic acids is 1. The van der Waals surface area contributed by atoms with Gasteiger partial charge in [0.25, 0.3) is 5.91 Å². The van der Waals surface area contributed by atoms with Gasteiger partial charge in [0.15, 0.2) is 0 Å². The van der Waals surface area contributed by atoms with Crippen LogP contribution in [0.5, 0.6) is 0 Å². The molecule has 1 fully saturated rings. The molecule has 20 heavy (non-hydrogen) atoms. The number of nitrogens with one attached hydrogen (secondary N) is 1. The summed E-state index contributed by atoms with van der Waals surface area (Å²) < 4.78 is 0. The average Bonchev–Trinajstić information content (AvgIpc) is 2.80. The van der Waals surface area contributed by atoms with Crippen molar-refractivity contribution in [3.05, 3.63) is 21.4 Å². The summed E-state index contributed by atoms with van der Waals surface area (Å²) in [5, 5.41) is 1.97. The summed E-state index contributed by atoms with van der Waals surface area (Å²) in [5.41, 5.74) is 9.35. The molecule has 1 aromatic rings. The molecule has 1 aromatic heterocycles. The van der Waals surface area contributed by atoms with Gasteiger partial charge in [-0.15, -0.1) is 11.3 Å². The Morgan fingerprint density at radius 2 is 2.15 bits per heavy atom. The average molecular weight is 292 g/mol. The van der Waals surface area contributed by atoms with Crippen LogP contribution in [0.15, 0.2) is 6.07 Å². The number of nitrogens with two attached hydrogens (primary N) is 1. The van der Waals surface area contributed by atoms with Gasteiger partial charge in [-0.1, -0.05) is 11.8 Å². The first kappa shape index (κ1) is 15.0. The fourth-order valence-electron chi connectivity index (χ4n) is 1.97. The number of likely N-dealkylation sites (N-methyl/N-ethyl adjacent to an activating group) is 1. The molecule has 0 unspecified atom stereocenters. The fourth-order valence-corrected chi connectivity index (χ4v) is 2.90. The van der Waals surface area contributed by atoms with E-state index in [0.29, 0.717) is 11.4 Å². The summed E-state index contributed by atoms with van der Waals surface area (Å²) in [6, 6.07) is 1.89. The van der Waals surface area contributed by atoms with Crippen molar-refractivity contribution >= 4 is 17.2 Å². The monoisotopic (exact) mass is 292 g/mol. The Kier molecular flexibility index (Phi) is 5.15. The van der Waals surface area contributed by atoms with Gasteiger partial charge in [-0.05, 0) is 25.6 Å². The summed E-state index contributed by atoms with van der Waals surface area (Å²) in [5.74, 6) is 5.77. The molecule has 0 radical (unpaired) electrons. The number of thiophene rings is 1. The van der Waals surface area contributed by atoms with Crippen LogP contribution in [-0.4, -0.2) is 55.6 Å². The molecular weight excluding hydrogens is 272 g/mol. The third-order valence-electron chi connectivity index (χ3n) is 3.21. The van der Waals surface area contributed by atoms with E-state index in [2.05, 4.69) is 29.2 Å². The van der Waals surface area contributed by atoms with E-state index in [4.69, 9.17) is 5.73 Å². The minimum Gasteiger partial charge on any atom is -0.320 e. The molecule has 2 rings (SSSR count). The van der Waals surface area contributed by atoms with Crippen LogP contribution in [0.3, 0.4) is 0 Å². The lowest BCUT2D eigenvalue weighted by Gasteiger charge is -2.32. The van der Waals surface area contributed by atoms with Gasteiger partial charge >= 0.3 is 0 Å². The van der Waals surface area contributed by atoms with Gasteiger partial charge in [0, 0.05) is 26.2 Å². The molecule has 1 saturated heterocycles. The molecule has 6 heteroatoms. The highest BCUT2D eigenvalue weighted by Gasteiger charge is 2.18. The first-order valence-electron chi connectivity index (χ1n) is 6.64. The number of hydrogen-bond donors (Lipinski definition) is 2. The van der Waals surface area contributed by atoms with E-state index in [0.717, 1.165) is 36.6 Å². The molecule has 2 heterocycles. The van der Waals surface area contributed by atoms with Crippen LogP contribution < -0.4 is 11.2 Å². The molecule has 0 saturated carbocycles. The Bertz CT molecular complexity index is 535. The Balaban J connectivity index is 1.99. The van der Waals surface area contributed by atoms with E-state index in [1.54, 1.807) is 0 Å². The van der Waals surface area contributed by atoms with Crippen molar-refractivity contribution < 1.29 is 4.79 Å². The summed E-state index contributed by atoms with van der Waals surface area (Å²) >= 11 is 1.42. The van der Waals surface area contributed by atoms with Crippen molar-refractivity contribution in [1.29, 1.82) is 0 Å². The van der Waals surface area contributed by atoms with Gasteiger partial charge in [0.2, 0.25) is 0 Å².